The van der Waals surface area contributed by atoms with Gasteiger partial charge >= 0.3 is 0 Å². The molecule has 2 heterocycles. The van der Waals surface area contributed by atoms with Gasteiger partial charge in [0.2, 0.25) is 0 Å². The summed E-state index contributed by atoms with van der Waals surface area (Å²) in [5.41, 5.74) is 6.82. The Kier molecular flexibility index (Phi) is 1.56. The Hall–Kier alpha value is -1.91. The molecule has 5 nitrogen and oxygen atoms in total. The summed E-state index contributed by atoms with van der Waals surface area (Å²) in [6.45, 7) is 0. The van der Waals surface area contributed by atoms with Crippen LogP contribution in [-0.2, 0) is 0 Å². The lowest BCUT2D eigenvalue weighted by Gasteiger charge is -2.01. The fraction of sp³-hybridized carbons (Fsp3) is 0.300. The summed E-state index contributed by atoms with van der Waals surface area (Å²) in [4.78, 5) is 0. The standard InChI is InChI=1S/C10H11N5/c11-8(12)7-2-1-5-15-9(6-3-4-6)13-14-10(7)15/h1-2,5-6H,3-4H2,(H3,11,12). The summed E-state index contributed by atoms with van der Waals surface area (Å²) >= 11 is 0. The molecule has 3 rings (SSSR count). The van der Waals surface area contributed by atoms with Crippen LogP contribution in [0.4, 0.5) is 0 Å². The maximum absolute atomic E-state index is 7.45. The van der Waals surface area contributed by atoms with E-state index in [1.54, 1.807) is 6.07 Å². The van der Waals surface area contributed by atoms with E-state index in [0.29, 0.717) is 17.1 Å². The van der Waals surface area contributed by atoms with Gasteiger partial charge in [0.05, 0.1) is 5.56 Å². The number of fused-ring (bicyclic) bond motifs is 1. The van der Waals surface area contributed by atoms with Gasteiger partial charge < -0.3 is 5.73 Å². The lowest BCUT2D eigenvalue weighted by molar-refractivity contribution is 0.897. The van der Waals surface area contributed by atoms with Gasteiger partial charge in [-0.05, 0) is 25.0 Å². The van der Waals surface area contributed by atoms with E-state index in [1.165, 1.54) is 12.8 Å². The van der Waals surface area contributed by atoms with Gasteiger partial charge in [0.25, 0.3) is 0 Å². The molecule has 0 bridgehead atoms. The molecule has 0 saturated heterocycles. The molecule has 1 aliphatic rings. The van der Waals surface area contributed by atoms with E-state index in [0.717, 1.165) is 5.82 Å². The van der Waals surface area contributed by atoms with E-state index < -0.39 is 0 Å². The van der Waals surface area contributed by atoms with E-state index in [-0.39, 0.29) is 5.84 Å². The molecule has 0 aliphatic heterocycles. The van der Waals surface area contributed by atoms with Crippen LogP contribution < -0.4 is 5.73 Å². The fourth-order valence-electron chi connectivity index (χ4n) is 1.76. The van der Waals surface area contributed by atoms with Crippen LogP contribution in [0.1, 0.15) is 30.1 Å². The number of hydrogen-bond donors (Lipinski definition) is 2. The van der Waals surface area contributed by atoms with Gasteiger partial charge in [-0.15, -0.1) is 10.2 Å². The van der Waals surface area contributed by atoms with Crippen molar-refractivity contribution in [2.45, 2.75) is 18.8 Å². The number of amidine groups is 1. The first kappa shape index (κ1) is 8.40. The minimum Gasteiger partial charge on any atom is -0.384 e. The molecule has 1 saturated carbocycles. The average Bonchev–Trinajstić information content (AvgIpc) is 2.97. The van der Waals surface area contributed by atoms with Crippen LogP contribution in [0.5, 0.6) is 0 Å². The first-order chi connectivity index (χ1) is 7.27. The van der Waals surface area contributed by atoms with Crippen molar-refractivity contribution in [1.29, 1.82) is 5.41 Å². The summed E-state index contributed by atoms with van der Waals surface area (Å²) < 4.78 is 1.94. The van der Waals surface area contributed by atoms with E-state index in [1.807, 2.05) is 16.7 Å². The van der Waals surface area contributed by atoms with Crippen LogP contribution >= 0.6 is 0 Å². The van der Waals surface area contributed by atoms with Crippen LogP contribution in [0.15, 0.2) is 18.3 Å². The first-order valence-corrected chi connectivity index (χ1v) is 4.95. The second kappa shape index (κ2) is 2.79. The van der Waals surface area contributed by atoms with E-state index >= 15 is 0 Å². The van der Waals surface area contributed by atoms with Crippen LogP contribution in [0.3, 0.4) is 0 Å². The number of nitrogen functional groups attached to an aromatic ring is 1. The highest BCUT2D eigenvalue weighted by molar-refractivity contribution is 6.00. The lowest BCUT2D eigenvalue weighted by atomic mass is 10.2. The van der Waals surface area contributed by atoms with Crippen molar-refractivity contribution in [1.82, 2.24) is 14.6 Å². The molecule has 0 amide bonds. The van der Waals surface area contributed by atoms with Gasteiger partial charge in [0.1, 0.15) is 11.7 Å². The zero-order valence-electron chi connectivity index (χ0n) is 8.14. The molecule has 1 aliphatic carbocycles. The first-order valence-electron chi connectivity index (χ1n) is 4.95. The molecule has 3 N–H and O–H groups in total. The maximum atomic E-state index is 7.45. The molecule has 0 spiro atoms. The van der Waals surface area contributed by atoms with Crippen LogP contribution in [0, 0.1) is 5.41 Å². The monoisotopic (exact) mass is 201 g/mol. The van der Waals surface area contributed by atoms with Crippen molar-refractivity contribution in [3.8, 4) is 0 Å². The van der Waals surface area contributed by atoms with Crippen molar-refractivity contribution in [3.63, 3.8) is 0 Å². The summed E-state index contributed by atoms with van der Waals surface area (Å²) in [6.07, 6.45) is 4.30. The third kappa shape index (κ3) is 1.20. The molecule has 0 unspecified atom stereocenters. The molecule has 15 heavy (non-hydrogen) atoms. The van der Waals surface area contributed by atoms with Gasteiger partial charge in [-0.1, -0.05) is 0 Å². The molecule has 0 atom stereocenters. The number of nitrogens with two attached hydrogens (primary N) is 1. The van der Waals surface area contributed by atoms with Crippen molar-refractivity contribution in [3.05, 3.63) is 29.7 Å². The Morgan fingerprint density at radius 3 is 2.93 bits per heavy atom. The molecule has 76 valence electrons. The topological polar surface area (TPSA) is 80.1 Å². The highest BCUT2D eigenvalue weighted by atomic mass is 15.3. The second-order valence-electron chi connectivity index (χ2n) is 3.86. The summed E-state index contributed by atoms with van der Waals surface area (Å²) in [5, 5.41) is 15.7. The van der Waals surface area contributed by atoms with Crippen LogP contribution in [0.25, 0.3) is 5.65 Å². The maximum Gasteiger partial charge on any atom is 0.171 e. The third-order valence-corrected chi connectivity index (χ3v) is 2.69. The van der Waals surface area contributed by atoms with Gasteiger partial charge in [0, 0.05) is 12.1 Å². The molecular formula is C10H11N5. The lowest BCUT2D eigenvalue weighted by Crippen LogP contribution is -2.12. The molecule has 2 aromatic heterocycles. The smallest absolute Gasteiger partial charge is 0.171 e. The normalized spacial score (nSPS) is 15.7. The zero-order chi connectivity index (χ0) is 10.4. The number of aromatic nitrogens is 3. The Bertz CT molecular complexity index is 538. The highest BCUT2D eigenvalue weighted by Crippen LogP contribution is 2.38. The number of nitrogens with zero attached hydrogens (tertiary/aromatic N) is 3. The third-order valence-electron chi connectivity index (χ3n) is 2.69. The van der Waals surface area contributed by atoms with Crippen LogP contribution in [-0.4, -0.2) is 20.4 Å². The fourth-order valence-corrected chi connectivity index (χ4v) is 1.76. The molecule has 2 aromatic rings. The number of hydrogen-bond acceptors (Lipinski definition) is 3. The zero-order valence-corrected chi connectivity index (χ0v) is 8.14. The van der Waals surface area contributed by atoms with Gasteiger partial charge in [-0.2, -0.15) is 0 Å². The predicted octanol–water partition coefficient (Wildman–Crippen LogP) is 0.891. The van der Waals surface area contributed by atoms with Crippen molar-refractivity contribution in [2.24, 2.45) is 5.73 Å². The molecule has 5 heteroatoms. The Balaban J connectivity index is 2.27. The van der Waals surface area contributed by atoms with Crippen molar-refractivity contribution >= 4 is 11.5 Å². The second-order valence-corrected chi connectivity index (χ2v) is 3.86. The quantitative estimate of drug-likeness (QED) is 0.559. The van der Waals surface area contributed by atoms with Crippen molar-refractivity contribution in [2.75, 3.05) is 0 Å². The Labute approximate surface area is 86.4 Å². The van der Waals surface area contributed by atoms with Gasteiger partial charge in [-0.25, -0.2) is 0 Å². The number of rotatable bonds is 2. The predicted molar refractivity (Wildman–Crippen MR) is 56.0 cm³/mol. The van der Waals surface area contributed by atoms with E-state index in [9.17, 15) is 0 Å². The Morgan fingerprint density at radius 2 is 2.27 bits per heavy atom. The molecule has 1 fully saturated rings. The highest BCUT2D eigenvalue weighted by Gasteiger charge is 2.28. The summed E-state index contributed by atoms with van der Waals surface area (Å²) in [7, 11) is 0. The van der Waals surface area contributed by atoms with Gasteiger partial charge in [0.15, 0.2) is 5.65 Å². The van der Waals surface area contributed by atoms with Crippen molar-refractivity contribution < 1.29 is 0 Å². The largest absolute Gasteiger partial charge is 0.384 e. The molecule has 0 radical (unpaired) electrons. The minimum absolute atomic E-state index is 0.0374. The van der Waals surface area contributed by atoms with Crippen LogP contribution in [0.2, 0.25) is 0 Å². The SMILES string of the molecule is N=C(N)c1cccn2c(C3CC3)nnc12. The summed E-state index contributed by atoms with van der Waals surface area (Å²) in [6, 6.07) is 3.67. The van der Waals surface area contributed by atoms with Gasteiger partial charge in [-0.3, -0.25) is 9.81 Å². The Morgan fingerprint density at radius 1 is 1.47 bits per heavy atom. The summed E-state index contributed by atoms with van der Waals surface area (Å²) in [5.74, 6) is 1.57. The molecular weight excluding hydrogens is 190 g/mol. The number of nitrogens with one attached hydrogen (secondary N) is 1. The molecule has 0 aromatic carbocycles. The number of pyridine rings is 1. The van der Waals surface area contributed by atoms with E-state index in [4.69, 9.17) is 11.1 Å². The average molecular weight is 201 g/mol. The minimum atomic E-state index is 0.0374. The van der Waals surface area contributed by atoms with E-state index in [2.05, 4.69) is 10.2 Å².